The van der Waals surface area contributed by atoms with Gasteiger partial charge in [-0.1, -0.05) is 18.2 Å². The van der Waals surface area contributed by atoms with Crippen LogP contribution >= 0.6 is 0 Å². The zero-order valence-corrected chi connectivity index (χ0v) is 11.0. The molecule has 2 heteroatoms. The van der Waals surface area contributed by atoms with Gasteiger partial charge in [-0.15, -0.1) is 0 Å². The number of hydrogen-bond donors (Lipinski definition) is 2. The van der Waals surface area contributed by atoms with Gasteiger partial charge in [-0.25, -0.2) is 0 Å². The molecule has 0 heterocycles. The molecule has 1 aromatic carbocycles. The van der Waals surface area contributed by atoms with Crippen molar-refractivity contribution in [2.45, 2.75) is 52.8 Å². The average Bonchev–Trinajstić information content (AvgIpc) is 2.20. The predicted molar refractivity (Wildman–Crippen MR) is 68.5 cm³/mol. The number of nitrogens with one attached hydrogen (secondary N) is 1. The zero-order chi connectivity index (χ0) is 12.3. The van der Waals surface area contributed by atoms with Crippen molar-refractivity contribution < 1.29 is 5.11 Å². The molecule has 0 spiro atoms. The first kappa shape index (κ1) is 13.2. The van der Waals surface area contributed by atoms with Crippen LogP contribution in [0.4, 0.5) is 0 Å². The Morgan fingerprint density at radius 1 is 1.25 bits per heavy atom. The highest BCUT2D eigenvalue weighted by Crippen LogP contribution is 2.13. The second-order valence-electron chi connectivity index (χ2n) is 5.17. The van der Waals surface area contributed by atoms with E-state index in [1.807, 2.05) is 20.8 Å². The molecule has 0 saturated carbocycles. The molecule has 0 amide bonds. The van der Waals surface area contributed by atoms with Crippen LogP contribution in [-0.4, -0.2) is 16.7 Å². The topological polar surface area (TPSA) is 32.3 Å². The monoisotopic (exact) mass is 221 g/mol. The molecule has 0 saturated heterocycles. The zero-order valence-electron chi connectivity index (χ0n) is 11.0. The molecule has 0 bridgehead atoms. The van der Waals surface area contributed by atoms with Crippen LogP contribution in [0.3, 0.4) is 0 Å². The maximum atomic E-state index is 9.59. The molecule has 2 N–H and O–H groups in total. The first-order valence-corrected chi connectivity index (χ1v) is 5.82. The molecule has 1 aromatic rings. The first-order valence-electron chi connectivity index (χ1n) is 5.82. The molecule has 0 aliphatic heterocycles. The third-order valence-electron chi connectivity index (χ3n) is 3.36. The fourth-order valence-corrected chi connectivity index (χ4v) is 1.39. The van der Waals surface area contributed by atoms with Gasteiger partial charge in [0.05, 0.1) is 6.10 Å². The molecular weight excluding hydrogens is 198 g/mol. The fraction of sp³-hybridized carbons (Fsp3) is 0.571. The second-order valence-corrected chi connectivity index (χ2v) is 5.17. The van der Waals surface area contributed by atoms with Crippen LogP contribution in [0.2, 0.25) is 0 Å². The summed E-state index contributed by atoms with van der Waals surface area (Å²) in [4.78, 5) is 0. The van der Waals surface area contributed by atoms with E-state index in [9.17, 15) is 5.11 Å². The van der Waals surface area contributed by atoms with Crippen molar-refractivity contribution >= 4 is 0 Å². The van der Waals surface area contributed by atoms with E-state index >= 15 is 0 Å². The third-order valence-corrected chi connectivity index (χ3v) is 3.36. The smallest absolute Gasteiger partial charge is 0.0688 e. The molecule has 0 aromatic heterocycles. The predicted octanol–water partition coefficient (Wildman–Crippen LogP) is 2.55. The number of benzene rings is 1. The Kier molecular flexibility index (Phi) is 4.11. The van der Waals surface area contributed by atoms with E-state index in [1.165, 1.54) is 16.7 Å². The van der Waals surface area contributed by atoms with Crippen molar-refractivity contribution in [2.75, 3.05) is 0 Å². The average molecular weight is 221 g/mol. The normalized spacial score (nSPS) is 13.9. The Hall–Kier alpha value is -0.860. The van der Waals surface area contributed by atoms with Gasteiger partial charge in [-0.3, -0.25) is 0 Å². The van der Waals surface area contributed by atoms with Gasteiger partial charge in [0.2, 0.25) is 0 Å². The maximum Gasteiger partial charge on any atom is 0.0688 e. The highest BCUT2D eigenvalue weighted by atomic mass is 16.3. The Labute approximate surface area is 98.7 Å². The highest BCUT2D eigenvalue weighted by Gasteiger charge is 2.22. The van der Waals surface area contributed by atoms with E-state index in [0.717, 1.165) is 6.54 Å². The molecule has 16 heavy (non-hydrogen) atoms. The number of aliphatic hydroxyl groups is 1. The van der Waals surface area contributed by atoms with Crippen molar-refractivity contribution in [3.8, 4) is 0 Å². The van der Waals surface area contributed by atoms with Crippen molar-refractivity contribution in [3.05, 3.63) is 34.9 Å². The minimum absolute atomic E-state index is 0.251. The van der Waals surface area contributed by atoms with Gasteiger partial charge in [0.1, 0.15) is 0 Å². The molecule has 2 nitrogen and oxygen atoms in total. The van der Waals surface area contributed by atoms with Crippen molar-refractivity contribution in [2.24, 2.45) is 0 Å². The van der Waals surface area contributed by atoms with Crippen LogP contribution in [0.25, 0.3) is 0 Å². The van der Waals surface area contributed by atoms with Gasteiger partial charge in [0.15, 0.2) is 0 Å². The lowest BCUT2D eigenvalue weighted by molar-refractivity contribution is 0.0956. The molecule has 1 atom stereocenters. The first-order chi connectivity index (χ1) is 7.33. The summed E-state index contributed by atoms with van der Waals surface area (Å²) >= 11 is 0. The van der Waals surface area contributed by atoms with Gasteiger partial charge in [-0.2, -0.15) is 0 Å². The van der Waals surface area contributed by atoms with Gasteiger partial charge in [-0.05, 0) is 51.3 Å². The van der Waals surface area contributed by atoms with Crippen LogP contribution in [0.1, 0.15) is 37.5 Å². The van der Waals surface area contributed by atoms with E-state index in [1.54, 1.807) is 0 Å². The fourth-order valence-electron chi connectivity index (χ4n) is 1.39. The summed E-state index contributed by atoms with van der Waals surface area (Å²) < 4.78 is 0. The number of aryl methyl sites for hydroxylation is 2. The lowest BCUT2D eigenvalue weighted by Gasteiger charge is -2.29. The van der Waals surface area contributed by atoms with Gasteiger partial charge in [0, 0.05) is 12.1 Å². The SMILES string of the molecule is Cc1ccc(CNC(C)(C)C(C)O)cc1C. The Bertz CT molecular complexity index is 356. The molecule has 1 unspecified atom stereocenters. The second kappa shape index (κ2) is 4.98. The van der Waals surface area contributed by atoms with Crippen LogP contribution in [-0.2, 0) is 6.54 Å². The Balaban J connectivity index is 2.65. The van der Waals surface area contributed by atoms with Crippen molar-refractivity contribution in [3.63, 3.8) is 0 Å². The van der Waals surface area contributed by atoms with Crippen LogP contribution in [0.15, 0.2) is 18.2 Å². The molecular formula is C14H23NO. The summed E-state index contributed by atoms with van der Waals surface area (Å²) in [6.45, 7) is 10.9. The molecule has 0 fully saturated rings. The summed E-state index contributed by atoms with van der Waals surface area (Å²) in [7, 11) is 0. The maximum absolute atomic E-state index is 9.59. The molecule has 0 aliphatic carbocycles. The lowest BCUT2D eigenvalue weighted by Crippen LogP contribution is -2.47. The summed E-state index contributed by atoms with van der Waals surface area (Å²) in [5.41, 5.74) is 3.64. The molecule has 0 aliphatic rings. The third kappa shape index (κ3) is 3.32. The van der Waals surface area contributed by atoms with Crippen molar-refractivity contribution in [1.29, 1.82) is 0 Å². The Morgan fingerprint density at radius 3 is 2.38 bits per heavy atom. The number of rotatable bonds is 4. The summed E-state index contributed by atoms with van der Waals surface area (Å²) in [5.74, 6) is 0. The van der Waals surface area contributed by atoms with Crippen LogP contribution < -0.4 is 5.32 Å². The minimum Gasteiger partial charge on any atom is -0.392 e. The lowest BCUT2D eigenvalue weighted by atomic mass is 9.98. The molecule has 1 rings (SSSR count). The van der Waals surface area contributed by atoms with Gasteiger partial charge < -0.3 is 10.4 Å². The largest absolute Gasteiger partial charge is 0.392 e. The van der Waals surface area contributed by atoms with Crippen LogP contribution in [0, 0.1) is 13.8 Å². The number of hydrogen-bond acceptors (Lipinski definition) is 2. The number of aliphatic hydroxyl groups excluding tert-OH is 1. The van der Waals surface area contributed by atoms with E-state index in [-0.39, 0.29) is 11.6 Å². The minimum atomic E-state index is -0.362. The van der Waals surface area contributed by atoms with Gasteiger partial charge in [0.25, 0.3) is 0 Å². The van der Waals surface area contributed by atoms with Crippen LogP contribution in [0.5, 0.6) is 0 Å². The molecule has 90 valence electrons. The standard InChI is InChI=1S/C14H23NO/c1-10-6-7-13(8-11(10)2)9-15-14(4,5)12(3)16/h6-8,12,15-16H,9H2,1-5H3. The van der Waals surface area contributed by atoms with Crippen molar-refractivity contribution in [1.82, 2.24) is 5.32 Å². The van der Waals surface area contributed by atoms with E-state index in [2.05, 4.69) is 37.4 Å². The summed E-state index contributed by atoms with van der Waals surface area (Å²) in [6.07, 6.45) is -0.362. The highest BCUT2D eigenvalue weighted by molar-refractivity contribution is 5.29. The van der Waals surface area contributed by atoms with E-state index in [0.29, 0.717) is 0 Å². The van der Waals surface area contributed by atoms with E-state index < -0.39 is 0 Å². The summed E-state index contributed by atoms with van der Waals surface area (Å²) in [6, 6.07) is 6.47. The molecule has 0 radical (unpaired) electrons. The summed E-state index contributed by atoms with van der Waals surface area (Å²) in [5, 5.41) is 13.0. The van der Waals surface area contributed by atoms with E-state index in [4.69, 9.17) is 0 Å². The Morgan fingerprint density at radius 2 is 1.88 bits per heavy atom. The quantitative estimate of drug-likeness (QED) is 0.819. The van der Waals surface area contributed by atoms with Gasteiger partial charge >= 0.3 is 0 Å².